The summed E-state index contributed by atoms with van der Waals surface area (Å²) in [5, 5.41) is 0. The van der Waals surface area contributed by atoms with Gasteiger partial charge in [-0.25, -0.2) is 4.79 Å². The van der Waals surface area contributed by atoms with Crippen LogP contribution >= 0.6 is 0 Å². The maximum absolute atomic E-state index is 12.0. The van der Waals surface area contributed by atoms with Gasteiger partial charge >= 0.3 is 24.0 Å². The quantitative estimate of drug-likeness (QED) is 0.466. The van der Waals surface area contributed by atoms with Crippen molar-refractivity contribution >= 4 is 24.0 Å². The van der Waals surface area contributed by atoms with Gasteiger partial charge in [-0.05, 0) is 13.8 Å². The number of carbonyl (C=O) groups excluding carboxylic acids is 4. The van der Waals surface area contributed by atoms with Crippen LogP contribution in [0.25, 0.3) is 0 Å². The van der Waals surface area contributed by atoms with Gasteiger partial charge in [-0.3, -0.25) is 14.4 Å². The molecule has 1 amide bonds. The van der Waals surface area contributed by atoms with E-state index >= 15 is 0 Å². The fourth-order valence-corrected chi connectivity index (χ4v) is 2.46. The van der Waals surface area contributed by atoms with Gasteiger partial charge in [0.05, 0.1) is 0 Å². The average molecular weight is 375 g/mol. The van der Waals surface area contributed by atoms with E-state index in [4.69, 9.17) is 23.7 Å². The van der Waals surface area contributed by atoms with Crippen molar-refractivity contribution in [3.05, 3.63) is 0 Å². The molecule has 0 aromatic heterocycles. The molecule has 1 fully saturated rings. The zero-order chi connectivity index (χ0) is 19.9. The van der Waals surface area contributed by atoms with Gasteiger partial charge in [-0.1, -0.05) is 0 Å². The predicted molar refractivity (Wildman–Crippen MR) is 85.8 cm³/mol. The fraction of sp³-hybridized carbons (Fsp3) is 0.750. The van der Waals surface area contributed by atoms with Gasteiger partial charge in [-0.2, -0.15) is 0 Å². The third-order valence-electron chi connectivity index (χ3n) is 3.55. The Kier molecular flexibility index (Phi) is 8.30. The van der Waals surface area contributed by atoms with Gasteiger partial charge in [0.1, 0.15) is 12.7 Å². The van der Waals surface area contributed by atoms with E-state index in [1.165, 1.54) is 11.8 Å². The van der Waals surface area contributed by atoms with Gasteiger partial charge in [-0.15, -0.1) is 0 Å². The number of esters is 3. The first-order chi connectivity index (χ1) is 12.2. The monoisotopic (exact) mass is 375 g/mol. The summed E-state index contributed by atoms with van der Waals surface area (Å²) in [4.78, 5) is 47.4. The maximum atomic E-state index is 12.0. The summed E-state index contributed by atoms with van der Waals surface area (Å²) in [5.41, 5.74) is 0. The molecule has 1 rings (SSSR count). The Morgan fingerprint density at radius 1 is 0.846 bits per heavy atom. The largest absolute Gasteiger partial charge is 0.455 e. The van der Waals surface area contributed by atoms with Crippen LogP contribution in [0.3, 0.4) is 0 Å². The second-order valence-corrected chi connectivity index (χ2v) is 5.55. The summed E-state index contributed by atoms with van der Waals surface area (Å²) < 4.78 is 25.9. The zero-order valence-corrected chi connectivity index (χ0v) is 15.6. The molecule has 0 bridgehead atoms. The second kappa shape index (κ2) is 9.95. The third-order valence-corrected chi connectivity index (χ3v) is 3.55. The molecule has 148 valence electrons. The summed E-state index contributed by atoms with van der Waals surface area (Å²) in [5.74, 6) is -2.00. The highest BCUT2D eigenvalue weighted by Crippen LogP contribution is 2.28. The van der Waals surface area contributed by atoms with Gasteiger partial charge in [0, 0.05) is 33.9 Å². The number of amides is 1. The van der Waals surface area contributed by atoms with E-state index in [1.807, 2.05) is 0 Å². The van der Waals surface area contributed by atoms with Crippen LogP contribution in [0.1, 0.15) is 34.6 Å². The second-order valence-electron chi connectivity index (χ2n) is 5.55. The smallest absolute Gasteiger partial charge is 0.409 e. The molecule has 1 saturated heterocycles. The van der Waals surface area contributed by atoms with Crippen LogP contribution in [-0.2, 0) is 38.1 Å². The van der Waals surface area contributed by atoms with Crippen molar-refractivity contribution in [1.82, 2.24) is 4.90 Å². The van der Waals surface area contributed by atoms with E-state index < -0.39 is 48.6 Å². The summed E-state index contributed by atoms with van der Waals surface area (Å²) in [7, 11) is 0. The molecule has 0 radical (unpaired) electrons. The molecule has 0 aromatic rings. The standard InChI is InChI=1S/C16H25NO9/c1-6-17(7-2)16(21)22-8-12-13(23-9(3)18)14(24-10(4)19)15(26-12)25-11(5)20/h12-15H,6-8H2,1-5H3/t12-,13+,14-,15?/m1/s1. The Morgan fingerprint density at radius 3 is 1.81 bits per heavy atom. The van der Waals surface area contributed by atoms with E-state index in [0.717, 1.165) is 13.8 Å². The van der Waals surface area contributed by atoms with E-state index in [1.54, 1.807) is 13.8 Å². The lowest BCUT2D eigenvalue weighted by Crippen LogP contribution is -2.42. The number of carbonyl (C=O) groups is 4. The summed E-state index contributed by atoms with van der Waals surface area (Å²) in [6, 6.07) is 0. The molecular formula is C16H25NO9. The molecule has 0 N–H and O–H groups in total. The van der Waals surface area contributed by atoms with E-state index in [-0.39, 0.29) is 6.61 Å². The minimum Gasteiger partial charge on any atom is -0.455 e. The van der Waals surface area contributed by atoms with Gasteiger partial charge in [0.25, 0.3) is 0 Å². The van der Waals surface area contributed by atoms with E-state index in [2.05, 4.69) is 0 Å². The Morgan fingerprint density at radius 2 is 1.35 bits per heavy atom. The first-order valence-electron chi connectivity index (χ1n) is 8.28. The van der Waals surface area contributed by atoms with Crippen molar-refractivity contribution in [3.63, 3.8) is 0 Å². The molecule has 0 aromatic carbocycles. The minimum atomic E-state index is -1.28. The molecule has 1 aliphatic heterocycles. The molecule has 1 aliphatic rings. The Labute approximate surface area is 151 Å². The molecule has 1 heterocycles. The summed E-state index contributed by atoms with van der Waals surface area (Å²) >= 11 is 0. The topological polar surface area (TPSA) is 118 Å². The maximum Gasteiger partial charge on any atom is 0.409 e. The number of hydrogen-bond acceptors (Lipinski definition) is 9. The number of rotatable bonds is 7. The van der Waals surface area contributed by atoms with Crippen LogP contribution in [0.15, 0.2) is 0 Å². The highest BCUT2D eigenvalue weighted by Gasteiger charge is 2.51. The number of hydrogen-bond donors (Lipinski definition) is 0. The van der Waals surface area contributed by atoms with E-state index in [0.29, 0.717) is 13.1 Å². The molecule has 0 aliphatic carbocycles. The van der Waals surface area contributed by atoms with Crippen molar-refractivity contribution in [2.75, 3.05) is 19.7 Å². The van der Waals surface area contributed by atoms with Gasteiger partial charge in [0.15, 0.2) is 6.10 Å². The first-order valence-corrected chi connectivity index (χ1v) is 8.28. The lowest BCUT2D eigenvalue weighted by Gasteiger charge is -2.23. The normalized spacial score (nSPS) is 24.5. The molecule has 4 atom stereocenters. The number of nitrogens with zero attached hydrogens (tertiary/aromatic N) is 1. The number of ether oxygens (including phenoxy) is 5. The molecule has 0 saturated carbocycles. The van der Waals surface area contributed by atoms with Crippen molar-refractivity contribution in [1.29, 1.82) is 0 Å². The summed E-state index contributed by atoms with van der Waals surface area (Å²) in [6.07, 6.45) is -5.08. The van der Waals surface area contributed by atoms with Crippen LogP contribution < -0.4 is 0 Å². The van der Waals surface area contributed by atoms with Crippen molar-refractivity contribution in [2.45, 2.75) is 59.2 Å². The lowest BCUT2D eigenvalue weighted by atomic mass is 10.1. The van der Waals surface area contributed by atoms with Crippen molar-refractivity contribution in [2.24, 2.45) is 0 Å². The Bertz CT molecular complexity index is 532. The molecule has 0 spiro atoms. The van der Waals surface area contributed by atoms with Crippen LogP contribution in [0.5, 0.6) is 0 Å². The predicted octanol–water partition coefficient (Wildman–Crippen LogP) is 0.616. The van der Waals surface area contributed by atoms with Crippen molar-refractivity contribution in [3.8, 4) is 0 Å². The molecular weight excluding hydrogens is 350 g/mol. The highest BCUT2D eigenvalue weighted by molar-refractivity contribution is 5.69. The van der Waals surface area contributed by atoms with Crippen LogP contribution in [0.2, 0.25) is 0 Å². The van der Waals surface area contributed by atoms with Crippen LogP contribution in [0, 0.1) is 0 Å². The Hall–Kier alpha value is -2.36. The highest BCUT2D eigenvalue weighted by atomic mass is 16.8. The fourth-order valence-electron chi connectivity index (χ4n) is 2.46. The minimum absolute atomic E-state index is 0.275. The van der Waals surface area contributed by atoms with Crippen LogP contribution in [-0.4, -0.2) is 73.2 Å². The van der Waals surface area contributed by atoms with Crippen molar-refractivity contribution < 1.29 is 42.9 Å². The molecule has 10 nitrogen and oxygen atoms in total. The average Bonchev–Trinajstić information content (AvgIpc) is 2.82. The van der Waals surface area contributed by atoms with Gasteiger partial charge < -0.3 is 28.6 Å². The lowest BCUT2D eigenvalue weighted by molar-refractivity contribution is -0.196. The van der Waals surface area contributed by atoms with Gasteiger partial charge in [0.2, 0.25) is 12.4 Å². The zero-order valence-electron chi connectivity index (χ0n) is 15.6. The Balaban J connectivity index is 2.91. The SMILES string of the molecule is CCN(CC)C(=O)OC[C@H]1OC(OC(C)=O)[C@H](OC(C)=O)[C@H]1OC(C)=O. The molecule has 1 unspecified atom stereocenters. The molecule has 10 heteroatoms. The summed E-state index contributed by atoms with van der Waals surface area (Å²) in [6.45, 7) is 7.72. The molecule has 26 heavy (non-hydrogen) atoms. The van der Waals surface area contributed by atoms with Crippen LogP contribution in [0.4, 0.5) is 4.79 Å². The van der Waals surface area contributed by atoms with E-state index in [9.17, 15) is 19.2 Å². The first kappa shape index (κ1) is 21.7. The third kappa shape index (κ3) is 6.17.